The smallest absolute Gasteiger partial charge is 0.462 e. The molecule has 3 aromatic carbocycles. The number of carbonyl (C=O) groups is 9. The summed E-state index contributed by atoms with van der Waals surface area (Å²) in [6.07, 6.45) is 33.2. The molecule has 0 heterocycles. The van der Waals surface area contributed by atoms with Gasteiger partial charge in [-0.15, -0.1) is 9.24 Å². The first-order valence-corrected chi connectivity index (χ1v) is 53.7. The summed E-state index contributed by atoms with van der Waals surface area (Å²) in [7, 11) is 3.56. The molecule has 0 saturated heterocycles. The van der Waals surface area contributed by atoms with Crippen LogP contribution in [0.5, 0.6) is 0 Å². The number of rotatable bonds is 52. The van der Waals surface area contributed by atoms with Gasteiger partial charge in [0.1, 0.15) is 38.1 Å². The number of methoxy groups -OCH3 is 1. The third-order valence-corrected chi connectivity index (χ3v) is 31.3. The summed E-state index contributed by atoms with van der Waals surface area (Å²) in [5.41, 5.74) is 21.9. The number of unbranched alkanes of at least 4 members (excludes halogenated alkanes) is 13. The van der Waals surface area contributed by atoms with Gasteiger partial charge in [0, 0.05) is 27.4 Å². The number of Topliss-reactive ketones (excluding diaryl/α,β-unsaturated/α-hetero) is 1. The number of carbonyl (C=O) groups excluding carboxylic acids is 7. The standard InChI is InChI=1S/C41H64N2O8S.C40H63N3O8S.C24H36O5.CH5P/c1-2-3-7-15-30(19-20-31-35-22-27-13-12-14-28(26-50-41(48)49)34(27)23-29(35)24-38(31)45)51-40(47)33-17-10-9-16-32(33)39(46)43-36(25-42)37(44)18-8-5-4-6-11-21-52;1-2-3-6-14-29(44)17-18-30-34-21-26-12-11-13-27(25-50-40(48)49)33(26)22-28(34)23-36(30)51-39(47)32-16-8-7-15-31(32)37(45)43-35(24-41)38(46)42-19-9-4-5-10-20-52;1-3-4-5-9-19(25)10-11-20-22-12-16-7-6-8-17(15-29-24(27)28-2)21(16)13-18(22)14-23(20)26;1-2/h12-14,29-33,35-36,38,45,52H,2-11,15-26,42H2,1H3,(H,43,46)(H,48,49);11-13,28-32,34-36,44,52H,2-10,14-25,41H2,1H3,(H,42,46)(H,43,45)(H,48,49);6-8,18-20,22-23,25-26H,3-5,9-15H2,1-2H3;2H2,1H3/t29-,30-,31+,32-,33+,35-,36?,38+;28-,29-,30+,31-,32?,34-,35?,36+;18-,19-,20+,22-,23+;/m000./s1/i;;;1T. The second-order valence-corrected chi connectivity index (χ2v) is 40.5. The fraction of sp³-hybridized carbons (Fsp3) is 0.745. The topological polar surface area (TPSA) is 419 Å². The number of thiol groups is 2. The van der Waals surface area contributed by atoms with Crippen LogP contribution in [0, 0.1) is 76.9 Å². The number of nitrogens with two attached hydrogens (primary N) is 2. The molecule has 11 rings (SSSR count). The molecule has 26 nitrogen and oxygen atoms in total. The molecule has 22 atom stereocenters. The Kier molecular flexibility index (Phi) is 51.3. The van der Waals surface area contributed by atoms with E-state index in [2.05, 4.69) is 94.2 Å². The number of hydrogen-bond acceptors (Lipinski definition) is 23. The van der Waals surface area contributed by atoms with Gasteiger partial charge in [-0.05, 0) is 288 Å². The first-order valence-electron chi connectivity index (χ1n) is 52.3. The summed E-state index contributed by atoms with van der Waals surface area (Å²) < 4.78 is 38.4. The predicted octanol–water partition coefficient (Wildman–Crippen LogP) is 17.6. The van der Waals surface area contributed by atoms with E-state index in [1.807, 2.05) is 36.4 Å². The Hall–Kier alpha value is -6.62. The van der Waals surface area contributed by atoms with Gasteiger partial charge in [-0.1, -0.05) is 191 Å². The monoisotopic (exact) mass is 1940 g/mol. The van der Waals surface area contributed by atoms with Gasteiger partial charge in [0.2, 0.25) is 17.7 Å². The van der Waals surface area contributed by atoms with Gasteiger partial charge in [0.05, 0.1) is 61.2 Å². The molecule has 8 aliphatic rings. The van der Waals surface area contributed by atoms with Crippen molar-refractivity contribution in [1.82, 2.24) is 16.0 Å². The van der Waals surface area contributed by atoms with Crippen molar-refractivity contribution in [3.8, 4) is 0 Å². The Bertz CT molecular complexity index is 4120. The van der Waals surface area contributed by atoms with Crippen molar-refractivity contribution in [3.63, 3.8) is 0 Å². The molecule has 4 unspecified atom stereocenters. The quantitative estimate of drug-likeness (QED) is 0.00821. The molecule has 760 valence electrons. The van der Waals surface area contributed by atoms with Crippen molar-refractivity contribution in [3.05, 3.63) is 105 Å². The average molecular weight is 1950 g/mol. The van der Waals surface area contributed by atoms with E-state index in [9.17, 15) is 63.6 Å². The SMILES string of the molecule is CCCCC[C@@H](CC[C@@H]1[C@H]2Cc3cccc(COC(=O)O)c3C[C@H]2C[C@H]1O)OC(=O)[C@@H]1CCCC[C@@H]1C(=O)NC(CN)C(=O)CCCCCCCS.CCCCC[C@H](O)CC[C@@H]1[C@H]2Cc3cccc(COC(=O)O)c3C[C@H]2C[C@H]1OC(=O)C1CCCC[C@@H]1C(=O)NC(CN)C(=O)NCCCCCCS.CCCCC[C@H](O)CC[C@@H]1[C@H]2Cc3cccc(COC(=O)OC)c3C[C@H]2C[C@H]1O.[3H]CP. The molecule has 13 N–H and O–H groups in total. The van der Waals surface area contributed by atoms with Crippen LogP contribution < -0.4 is 27.4 Å². The van der Waals surface area contributed by atoms with Gasteiger partial charge in [0.25, 0.3) is 0 Å². The number of carboxylic acid groups (broad SMARTS) is 2. The normalized spacial score (nSPS) is 25.1. The Morgan fingerprint density at radius 1 is 0.489 bits per heavy atom. The van der Waals surface area contributed by atoms with Gasteiger partial charge in [-0.2, -0.15) is 25.3 Å². The molecule has 29 heteroatoms. The minimum absolute atomic E-state index is 0.00376. The summed E-state index contributed by atoms with van der Waals surface area (Å²) in [6, 6.07) is 16.5. The predicted molar refractivity (Wildman–Crippen MR) is 534 cm³/mol. The summed E-state index contributed by atoms with van der Waals surface area (Å²) in [5, 5.41) is 70.0. The van der Waals surface area contributed by atoms with Crippen molar-refractivity contribution in [1.29, 1.82) is 0 Å². The number of ketones is 1. The molecule has 8 aliphatic carbocycles. The molecule has 3 amide bonds. The van der Waals surface area contributed by atoms with E-state index < -0.39 is 66.4 Å². The van der Waals surface area contributed by atoms with Crippen LogP contribution in [-0.2, 0) is 116 Å². The van der Waals surface area contributed by atoms with E-state index in [0.717, 1.165) is 258 Å². The molecule has 0 spiro atoms. The van der Waals surface area contributed by atoms with Crippen LogP contribution in [0.4, 0.5) is 14.4 Å². The first kappa shape index (κ1) is 112. The molecule has 0 bridgehead atoms. The third-order valence-electron chi connectivity index (χ3n) is 30.7. The molecule has 3 aromatic rings. The van der Waals surface area contributed by atoms with Crippen molar-refractivity contribution >= 4 is 88.4 Å². The van der Waals surface area contributed by atoms with E-state index >= 15 is 0 Å². The van der Waals surface area contributed by atoms with Crippen LogP contribution in [0.25, 0.3) is 0 Å². The maximum atomic E-state index is 14.1. The lowest BCUT2D eigenvalue weighted by Gasteiger charge is -2.34. The zero-order valence-corrected chi connectivity index (χ0v) is 84.4. The molecule has 135 heavy (non-hydrogen) atoms. The van der Waals surface area contributed by atoms with Gasteiger partial charge in [-0.3, -0.25) is 28.8 Å². The lowest BCUT2D eigenvalue weighted by molar-refractivity contribution is -0.162. The number of aliphatic hydroxyl groups is 4. The largest absolute Gasteiger partial charge is 0.508 e. The van der Waals surface area contributed by atoms with Gasteiger partial charge in [-0.25, -0.2) is 14.4 Å². The minimum Gasteiger partial charge on any atom is -0.462 e. The number of benzene rings is 3. The zero-order chi connectivity index (χ0) is 98.4. The fourth-order valence-electron chi connectivity index (χ4n) is 23.3. The lowest BCUT2D eigenvalue weighted by atomic mass is 9.72. The second kappa shape index (κ2) is 61.8. The minimum atomic E-state index is -1.31. The zero-order valence-electron chi connectivity index (χ0n) is 82.4. The highest BCUT2D eigenvalue weighted by Crippen LogP contribution is 2.52. The number of amides is 3. The first-order chi connectivity index (χ1) is 65.8. The van der Waals surface area contributed by atoms with Crippen molar-refractivity contribution in [2.75, 3.05) is 44.9 Å². The molecular formula is C106H168N5O21PS2. The highest BCUT2D eigenvalue weighted by Gasteiger charge is 2.51. The average Bonchev–Trinajstić information content (AvgIpc) is 1.61. The van der Waals surface area contributed by atoms with E-state index in [4.69, 9.17) is 46.7 Å². The van der Waals surface area contributed by atoms with Crippen molar-refractivity contribution in [2.24, 2.45) is 88.4 Å². The summed E-state index contributed by atoms with van der Waals surface area (Å²) in [5.74, 6) is 0.137. The van der Waals surface area contributed by atoms with Gasteiger partial charge < -0.3 is 86.5 Å². The van der Waals surface area contributed by atoms with Crippen molar-refractivity contribution < 1.29 is 104 Å². The number of aliphatic hydroxyl groups excluding tert-OH is 4. The summed E-state index contributed by atoms with van der Waals surface area (Å²) in [6.45, 7) is 7.64. The van der Waals surface area contributed by atoms with Crippen LogP contribution in [0.1, 0.15) is 323 Å². The van der Waals surface area contributed by atoms with E-state index in [1.54, 1.807) is 0 Å². The van der Waals surface area contributed by atoms with E-state index in [-0.39, 0.29) is 122 Å². The van der Waals surface area contributed by atoms with E-state index in [1.165, 1.54) is 42.2 Å². The second-order valence-electron chi connectivity index (χ2n) is 39.6. The number of esters is 2. The highest BCUT2D eigenvalue weighted by molar-refractivity contribution is 7.80. The molecule has 0 aliphatic heterocycles. The molecule has 5 saturated carbocycles. The maximum absolute atomic E-state index is 14.1. The molecular weight excluding hydrogens is 1770 g/mol. The number of hydrogen-bond donors (Lipinski definition) is 13. The van der Waals surface area contributed by atoms with Crippen LogP contribution in [0.3, 0.4) is 0 Å². The number of nitrogens with one attached hydrogen (secondary N) is 3. The molecule has 0 aromatic heterocycles. The Labute approximate surface area is 819 Å². The highest BCUT2D eigenvalue weighted by atomic mass is 32.1. The van der Waals surface area contributed by atoms with Crippen molar-refractivity contribution in [2.45, 2.75) is 378 Å². The molecule has 0 radical (unpaired) electrons. The number of fused-ring (bicyclic) bond motifs is 6. The fourth-order valence-corrected chi connectivity index (χ4v) is 23.8. The van der Waals surface area contributed by atoms with Crippen LogP contribution in [0.2, 0.25) is 0 Å². The lowest BCUT2D eigenvalue weighted by Crippen LogP contribution is -2.53. The maximum Gasteiger partial charge on any atom is 0.508 e. The third kappa shape index (κ3) is 35.8. The van der Waals surface area contributed by atoms with Crippen LogP contribution >= 0.6 is 34.5 Å². The number of ether oxygens (including phenoxy) is 6. The Balaban J connectivity index is 0.000000256. The van der Waals surface area contributed by atoms with Gasteiger partial charge in [0.15, 0.2) is 5.78 Å². The van der Waals surface area contributed by atoms with Crippen LogP contribution in [-0.4, -0.2) is 178 Å². The van der Waals surface area contributed by atoms with E-state index in [0.29, 0.717) is 94.6 Å². The summed E-state index contributed by atoms with van der Waals surface area (Å²) >= 11 is 8.48. The van der Waals surface area contributed by atoms with Gasteiger partial charge >= 0.3 is 30.4 Å². The van der Waals surface area contributed by atoms with Crippen LogP contribution in [0.15, 0.2) is 54.6 Å². The molecule has 5 fully saturated rings. The Morgan fingerprint density at radius 3 is 1.36 bits per heavy atom. The summed E-state index contributed by atoms with van der Waals surface area (Å²) in [4.78, 5) is 114. The Morgan fingerprint density at radius 2 is 0.896 bits per heavy atom.